The van der Waals surface area contributed by atoms with E-state index in [1.807, 2.05) is 0 Å². The number of hydrogen-bond acceptors (Lipinski definition) is 2. The second kappa shape index (κ2) is 10.8. The first-order valence-corrected chi connectivity index (χ1v) is 9.84. The first kappa shape index (κ1) is 21.0. The van der Waals surface area contributed by atoms with Crippen molar-refractivity contribution in [2.45, 2.75) is 79.1 Å². The topological polar surface area (TPSA) is 12.5 Å². The van der Waals surface area contributed by atoms with Crippen LogP contribution in [0.5, 0.6) is 5.75 Å². The van der Waals surface area contributed by atoms with E-state index in [0.717, 1.165) is 18.8 Å². The van der Waals surface area contributed by atoms with Gasteiger partial charge in [-0.1, -0.05) is 65.2 Å². The van der Waals surface area contributed by atoms with E-state index < -0.39 is 0 Å². The van der Waals surface area contributed by atoms with E-state index in [0.29, 0.717) is 0 Å². The minimum absolute atomic E-state index is 0.129. The zero-order chi connectivity index (χ0) is 18.0. The molecular formula is C22H39NO. The van der Waals surface area contributed by atoms with Gasteiger partial charge < -0.3 is 9.64 Å². The molecule has 1 aromatic rings. The molecule has 24 heavy (non-hydrogen) atoms. The van der Waals surface area contributed by atoms with Crippen LogP contribution < -0.4 is 4.74 Å². The third-order valence-corrected chi connectivity index (χ3v) is 4.56. The summed E-state index contributed by atoms with van der Waals surface area (Å²) >= 11 is 0. The van der Waals surface area contributed by atoms with Gasteiger partial charge in [0.25, 0.3) is 0 Å². The fourth-order valence-corrected chi connectivity index (χ4v) is 3.07. The molecular weight excluding hydrogens is 294 g/mol. The molecule has 0 spiro atoms. The van der Waals surface area contributed by atoms with Crippen LogP contribution in [-0.2, 0) is 5.41 Å². The molecule has 0 N–H and O–H groups in total. The zero-order valence-electron chi connectivity index (χ0n) is 17.0. The van der Waals surface area contributed by atoms with Crippen LogP contribution in [0.2, 0.25) is 0 Å². The Balaban J connectivity index is 2.29. The lowest BCUT2D eigenvalue weighted by molar-refractivity contribution is 0.273. The highest BCUT2D eigenvalue weighted by Crippen LogP contribution is 2.32. The Morgan fingerprint density at radius 1 is 0.958 bits per heavy atom. The molecule has 0 aliphatic heterocycles. The molecule has 0 saturated carbocycles. The number of nitrogens with zero attached hydrogens (tertiary/aromatic N) is 1. The van der Waals surface area contributed by atoms with Crippen LogP contribution in [0.3, 0.4) is 0 Å². The van der Waals surface area contributed by atoms with Gasteiger partial charge in [-0.2, -0.15) is 0 Å². The lowest BCUT2D eigenvalue weighted by Crippen LogP contribution is -2.25. The second-order valence-corrected chi connectivity index (χ2v) is 7.95. The largest absolute Gasteiger partial charge is 0.493 e. The third kappa shape index (κ3) is 7.70. The lowest BCUT2D eigenvalue weighted by atomic mass is 9.85. The predicted octanol–water partition coefficient (Wildman–Crippen LogP) is 5.96. The van der Waals surface area contributed by atoms with Gasteiger partial charge in [0.05, 0.1) is 6.61 Å². The summed E-state index contributed by atoms with van der Waals surface area (Å²) < 4.78 is 6.10. The maximum Gasteiger partial charge on any atom is 0.123 e. The van der Waals surface area contributed by atoms with Crippen molar-refractivity contribution in [3.05, 3.63) is 29.3 Å². The Kier molecular flexibility index (Phi) is 9.43. The normalized spacial score (nSPS) is 12.0. The quantitative estimate of drug-likeness (QED) is 0.463. The fraction of sp³-hybridized carbons (Fsp3) is 0.727. The zero-order valence-corrected chi connectivity index (χ0v) is 17.0. The van der Waals surface area contributed by atoms with Crippen molar-refractivity contribution in [2.75, 3.05) is 26.2 Å². The Morgan fingerprint density at radius 2 is 1.67 bits per heavy atom. The van der Waals surface area contributed by atoms with Crippen molar-refractivity contribution in [1.82, 2.24) is 4.90 Å². The molecule has 0 radical (unpaired) electrons. The molecule has 1 rings (SSSR count). The van der Waals surface area contributed by atoms with E-state index in [-0.39, 0.29) is 5.41 Å². The number of rotatable bonds is 11. The summed E-state index contributed by atoms with van der Waals surface area (Å²) in [5, 5.41) is 0. The van der Waals surface area contributed by atoms with E-state index in [2.05, 4.69) is 64.6 Å². The van der Waals surface area contributed by atoms with E-state index in [9.17, 15) is 0 Å². The summed E-state index contributed by atoms with van der Waals surface area (Å²) in [4.78, 5) is 2.55. The summed E-state index contributed by atoms with van der Waals surface area (Å²) in [5.41, 5.74) is 2.75. The van der Waals surface area contributed by atoms with Gasteiger partial charge in [-0.25, -0.2) is 0 Å². The van der Waals surface area contributed by atoms with Gasteiger partial charge in [-0.15, -0.1) is 0 Å². The number of hydrogen-bond donors (Lipinski definition) is 0. The van der Waals surface area contributed by atoms with E-state index >= 15 is 0 Å². The minimum atomic E-state index is 0.129. The molecule has 0 unspecified atom stereocenters. The lowest BCUT2D eigenvalue weighted by Gasteiger charge is -2.23. The SMILES string of the molecule is CCCN(CC)CCCCCCOc1ccc(C)cc1C(C)(C)C. The van der Waals surface area contributed by atoms with Gasteiger partial charge in [0.15, 0.2) is 0 Å². The molecule has 0 saturated heterocycles. The first-order chi connectivity index (χ1) is 11.4. The predicted molar refractivity (Wildman–Crippen MR) is 106 cm³/mol. The van der Waals surface area contributed by atoms with Gasteiger partial charge in [0, 0.05) is 0 Å². The van der Waals surface area contributed by atoms with Crippen LogP contribution in [-0.4, -0.2) is 31.1 Å². The molecule has 1 aromatic carbocycles. The van der Waals surface area contributed by atoms with E-state index in [4.69, 9.17) is 4.74 Å². The highest BCUT2D eigenvalue weighted by Gasteiger charge is 2.19. The molecule has 0 fully saturated rings. The fourth-order valence-electron chi connectivity index (χ4n) is 3.07. The summed E-state index contributed by atoms with van der Waals surface area (Å²) in [7, 11) is 0. The molecule has 0 bridgehead atoms. The molecule has 2 heteroatoms. The Labute approximate surface area is 150 Å². The Morgan fingerprint density at radius 3 is 2.29 bits per heavy atom. The molecule has 2 nitrogen and oxygen atoms in total. The van der Waals surface area contributed by atoms with Crippen molar-refractivity contribution in [3.8, 4) is 5.75 Å². The Bertz CT molecular complexity index is 462. The number of aryl methyl sites for hydroxylation is 1. The van der Waals surface area contributed by atoms with Crippen LogP contribution in [0.1, 0.15) is 77.8 Å². The number of unbranched alkanes of at least 4 members (excludes halogenated alkanes) is 3. The van der Waals surface area contributed by atoms with Crippen molar-refractivity contribution >= 4 is 0 Å². The van der Waals surface area contributed by atoms with Gasteiger partial charge in [-0.05, 0) is 62.9 Å². The van der Waals surface area contributed by atoms with Crippen molar-refractivity contribution in [2.24, 2.45) is 0 Å². The smallest absolute Gasteiger partial charge is 0.123 e. The number of ether oxygens (including phenoxy) is 1. The molecule has 0 aliphatic carbocycles. The summed E-state index contributed by atoms with van der Waals surface area (Å²) in [5.74, 6) is 1.06. The molecule has 0 amide bonds. The van der Waals surface area contributed by atoms with E-state index in [1.165, 1.54) is 56.4 Å². The standard InChI is InChI=1S/C22H39NO/c1-7-15-23(8-2)16-11-9-10-12-17-24-21-14-13-19(3)18-20(21)22(4,5)6/h13-14,18H,7-12,15-17H2,1-6H3. The van der Waals surface area contributed by atoms with Crippen LogP contribution in [0, 0.1) is 6.92 Å². The maximum atomic E-state index is 6.10. The molecule has 138 valence electrons. The molecule has 0 aliphatic rings. The first-order valence-electron chi connectivity index (χ1n) is 9.84. The maximum absolute atomic E-state index is 6.10. The summed E-state index contributed by atoms with van der Waals surface area (Å²) in [6.45, 7) is 17.9. The monoisotopic (exact) mass is 333 g/mol. The highest BCUT2D eigenvalue weighted by atomic mass is 16.5. The van der Waals surface area contributed by atoms with Gasteiger partial charge in [0.2, 0.25) is 0 Å². The van der Waals surface area contributed by atoms with Gasteiger partial charge in [-0.3, -0.25) is 0 Å². The number of benzene rings is 1. The second-order valence-electron chi connectivity index (χ2n) is 7.95. The average Bonchev–Trinajstić information content (AvgIpc) is 2.53. The summed E-state index contributed by atoms with van der Waals surface area (Å²) in [6, 6.07) is 6.56. The third-order valence-electron chi connectivity index (χ3n) is 4.56. The van der Waals surface area contributed by atoms with Crippen LogP contribution in [0.25, 0.3) is 0 Å². The summed E-state index contributed by atoms with van der Waals surface area (Å²) in [6.07, 6.45) is 6.29. The van der Waals surface area contributed by atoms with Crippen molar-refractivity contribution in [3.63, 3.8) is 0 Å². The van der Waals surface area contributed by atoms with Crippen LogP contribution in [0.15, 0.2) is 18.2 Å². The minimum Gasteiger partial charge on any atom is -0.493 e. The molecule has 0 aromatic heterocycles. The highest BCUT2D eigenvalue weighted by molar-refractivity contribution is 5.41. The average molecular weight is 334 g/mol. The van der Waals surface area contributed by atoms with Crippen LogP contribution in [0.4, 0.5) is 0 Å². The van der Waals surface area contributed by atoms with Gasteiger partial charge >= 0.3 is 0 Å². The van der Waals surface area contributed by atoms with Crippen LogP contribution >= 0.6 is 0 Å². The Hall–Kier alpha value is -1.02. The van der Waals surface area contributed by atoms with Crippen molar-refractivity contribution < 1.29 is 4.74 Å². The molecule has 0 atom stereocenters. The molecule has 0 heterocycles. The van der Waals surface area contributed by atoms with Gasteiger partial charge in [0.1, 0.15) is 5.75 Å². The van der Waals surface area contributed by atoms with Crippen molar-refractivity contribution in [1.29, 1.82) is 0 Å². The van der Waals surface area contributed by atoms with E-state index in [1.54, 1.807) is 0 Å².